The molecule has 2 nitrogen and oxygen atoms in total. The van der Waals surface area contributed by atoms with Crippen molar-refractivity contribution in [3.05, 3.63) is 36.3 Å². The van der Waals surface area contributed by atoms with E-state index in [0.29, 0.717) is 0 Å². The Morgan fingerprint density at radius 2 is 2.45 bits per heavy atom. The maximum atomic E-state index is 5.51. The van der Waals surface area contributed by atoms with Crippen molar-refractivity contribution in [1.29, 1.82) is 0 Å². The average Bonchev–Trinajstić information content (AvgIpc) is 2.34. The molecule has 0 radical (unpaired) electrons. The molecule has 11 heavy (non-hydrogen) atoms. The SMILES string of the molecule is C=Cc1cccn1/C=C(\C)N. The van der Waals surface area contributed by atoms with Crippen LogP contribution in [0.15, 0.2) is 30.6 Å². The molecular weight excluding hydrogens is 136 g/mol. The zero-order valence-corrected chi connectivity index (χ0v) is 6.62. The van der Waals surface area contributed by atoms with E-state index >= 15 is 0 Å². The number of nitrogens with zero attached hydrogens (tertiary/aromatic N) is 1. The van der Waals surface area contributed by atoms with Gasteiger partial charge in [-0.05, 0) is 25.1 Å². The van der Waals surface area contributed by atoms with Gasteiger partial charge in [0.2, 0.25) is 0 Å². The van der Waals surface area contributed by atoms with Crippen LogP contribution in [0, 0.1) is 0 Å². The summed E-state index contributed by atoms with van der Waals surface area (Å²) in [4.78, 5) is 0. The van der Waals surface area contributed by atoms with Crippen molar-refractivity contribution in [3.63, 3.8) is 0 Å². The van der Waals surface area contributed by atoms with E-state index in [1.54, 1.807) is 6.08 Å². The third kappa shape index (κ3) is 1.74. The number of allylic oxidation sites excluding steroid dienone is 1. The van der Waals surface area contributed by atoms with Gasteiger partial charge in [0.1, 0.15) is 0 Å². The number of hydrogen-bond donors (Lipinski definition) is 1. The van der Waals surface area contributed by atoms with Crippen LogP contribution in [-0.4, -0.2) is 4.57 Å². The van der Waals surface area contributed by atoms with Crippen LogP contribution in [0.3, 0.4) is 0 Å². The largest absolute Gasteiger partial charge is 0.401 e. The lowest BCUT2D eigenvalue weighted by Gasteiger charge is -1.98. The first kappa shape index (κ1) is 7.66. The van der Waals surface area contributed by atoms with Crippen molar-refractivity contribution in [2.45, 2.75) is 6.92 Å². The zero-order valence-electron chi connectivity index (χ0n) is 6.62. The van der Waals surface area contributed by atoms with Gasteiger partial charge in [0.15, 0.2) is 0 Å². The summed E-state index contributed by atoms with van der Waals surface area (Å²) in [5.74, 6) is 0. The van der Waals surface area contributed by atoms with Crippen molar-refractivity contribution in [3.8, 4) is 0 Å². The number of aromatic nitrogens is 1. The highest BCUT2D eigenvalue weighted by Gasteiger charge is 1.90. The lowest BCUT2D eigenvalue weighted by molar-refractivity contribution is 1.12. The van der Waals surface area contributed by atoms with E-state index in [1.807, 2.05) is 36.0 Å². The highest BCUT2D eigenvalue weighted by molar-refractivity contribution is 5.48. The van der Waals surface area contributed by atoms with Crippen molar-refractivity contribution < 1.29 is 0 Å². The Hall–Kier alpha value is -1.44. The third-order valence-corrected chi connectivity index (χ3v) is 1.36. The van der Waals surface area contributed by atoms with Gasteiger partial charge in [0.05, 0.1) is 0 Å². The number of rotatable bonds is 2. The van der Waals surface area contributed by atoms with E-state index in [4.69, 9.17) is 5.73 Å². The van der Waals surface area contributed by atoms with Crippen molar-refractivity contribution >= 4 is 12.3 Å². The molecule has 0 amide bonds. The van der Waals surface area contributed by atoms with E-state index < -0.39 is 0 Å². The van der Waals surface area contributed by atoms with Crippen LogP contribution in [0.2, 0.25) is 0 Å². The van der Waals surface area contributed by atoms with Crippen LogP contribution in [0.4, 0.5) is 0 Å². The van der Waals surface area contributed by atoms with Gasteiger partial charge in [-0.15, -0.1) is 0 Å². The molecule has 1 heterocycles. The van der Waals surface area contributed by atoms with Gasteiger partial charge in [-0.2, -0.15) is 0 Å². The van der Waals surface area contributed by atoms with Crippen LogP contribution < -0.4 is 5.73 Å². The van der Waals surface area contributed by atoms with Crippen LogP contribution >= 0.6 is 0 Å². The lowest BCUT2D eigenvalue weighted by Crippen LogP contribution is -1.95. The molecule has 1 aromatic rings. The molecule has 0 unspecified atom stereocenters. The first-order valence-corrected chi connectivity index (χ1v) is 3.47. The van der Waals surface area contributed by atoms with Crippen LogP contribution in [0.5, 0.6) is 0 Å². The first-order valence-electron chi connectivity index (χ1n) is 3.47. The summed E-state index contributed by atoms with van der Waals surface area (Å²) in [6, 6.07) is 3.93. The summed E-state index contributed by atoms with van der Waals surface area (Å²) in [7, 11) is 0. The maximum absolute atomic E-state index is 5.51. The highest BCUT2D eigenvalue weighted by Crippen LogP contribution is 2.04. The minimum atomic E-state index is 0.782. The van der Waals surface area contributed by atoms with E-state index in [1.165, 1.54) is 0 Å². The summed E-state index contributed by atoms with van der Waals surface area (Å²) in [6.07, 6.45) is 5.59. The molecule has 0 atom stereocenters. The average molecular weight is 148 g/mol. The minimum absolute atomic E-state index is 0.782. The van der Waals surface area contributed by atoms with Crippen molar-refractivity contribution in [2.75, 3.05) is 0 Å². The Balaban J connectivity index is 3.03. The summed E-state index contributed by atoms with van der Waals surface area (Å²) in [5, 5.41) is 0. The summed E-state index contributed by atoms with van der Waals surface area (Å²) in [6.45, 7) is 5.53. The molecular formula is C9H12N2. The van der Waals surface area contributed by atoms with Gasteiger partial charge in [-0.1, -0.05) is 6.58 Å². The highest BCUT2D eigenvalue weighted by atomic mass is 14.9. The lowest BCUT2D eigenvalue weighted by atomic mass is 10.4. The molecule has 0 aliphatic heterocycles. The van der Waals surface area contributed by atoms with Crippen molar-refractivity contribution in [1.82, 2.24) is 4.57 Å². The van der Waals surface area contributed by atoms with Crippen LogP contribution in [-0.2, 0) is 0 Å². The Morgan fingerprint density at radius 3 is 3.00 bits per heavy atom. The smallest absolute Gasteiger partial charge is 0.0444 e. The fraction of sp³-hybridized carbons (Fsp3) is 0.111. The third-order valence-electron chi connectivity index (χ3n) is 1.36. The quantitative estimate of drug-likeness (QED) is 0.682. The summed E-state index contributed by atoms with van der Waals surface area (Å²) >= 11 is 0. The van der Waals surface area contributed by atoms with E-state index in [0.717, 1.165) is 11.4 Å². The van der Waals surface area contributed by atoms with Gasteiger partial charge >= 0.3 is 0 Å². The molecule has 0 saturated carbocycles. The fourth-order valence-electron chi connectivity index (χ4n) is 0.917. The maximum Gasteiger partial charge on any atom is 0.0444 e. The molecule has 0 spiro atoms. The molecule has 2 heteroatoms. The molecule has 2 N–H and O–H groups in total. The predicted octanol–water partition coefficient (Wildman–Crippen LogP) is 1.91. The van der Waals surface area contributed by atoms with Gasteiger partial charge in [-0.25, -0.2) is 0 Å². The van der Waals surface area contributed by atoms with Crippen LogP contribution in [0.25, 0.3) is 12.3 Å². The second kappa shape index (κ2) is 3.10. The minimum Gasteiger partial charge on any atom is -0.401 e. The molecule has 0 bridgehead atoms. The van der Waals surface area contributed by atoms with E-state index in [-0.39, 0.29) is 0 Å². The Kier molecular flexibility index (Phi) is 2.16. The molecule has 1 rings (SSSR count). The molecule has 0 aliphatic carbocycles. The normalized spacial score (nSPS) is 11.5. The van der Waals surface area contributed by atoms with Gasteiger partial charge in [0, 0.05) is 23.8 Å². The monoisotopic (exact) mass is 148 g/mol. The molecule has 58 valence electrons. The standard InChI is InChI=1S/C9H12N2/c1-3-9-5-4-6-11(9)7-8(2)10/h3-7H,1,10H2,2H3/b8-7+. The summed E-state index contributed by atoms with van der Waals surface area (Å²) < 4.78 is 1.93. The van der Waals surface area contributed by atoms with Crippen molar-refractivity contribution in [2.24, 2.45) is 5.73 Å². The fourth-order valence-corrected chi connectivity index (χ4v) is 0.917. The second-order valence-corrected chi connectivity index (χ2v) is 2.42. The predicted molar refractivity (Wildman–Crippen MR) is 48.7 cm³/mol. The van der Waals surface area contributed by atoms with Crippen LogP contribution in [0.1, 0.15) is 12.6 Å². The van der Waals surface area contributed by atoms with Gasteiger partial charge in [0.25, 0.3) is 0 Å². The number of nitrogens with two attached hydrogens (primary N) is 1. The summed E-state index contributed by atoms with van der Waals surface area (Å²) in [5.41, 5.74) is 7.35. The second-order valence-electron chi connectivity index (χ2n) is 2.42. The Morgan fingerprint density at radius 1 is 1.73 bits per heavy atom. The molecule has 1 aromatic heterocycles. The Labute approximate surface area is 66.6 Å². The molecule has 0 aliphatic rings. The first-order chi connectivity index (χ1) is 5.24. The van der Waals surface area contributed by atoms with Gasteiger partial charge < -0.3 is 10.3 Å². The molecule has 0 fully saturated rings. The van der Waals surface area contributed by atoms with E-state index in [2.05, 4.69) is 6.58 Å². The Bertz CT molecular complexity index is 278. The van der Waals surface area contributed by atoms with E-state index in [9.17, 15) is 0 Å². The zero-order chi connectivity index (χ0) is 8.27. The van der Waals surface area contributed by atoms with Gasteiger partial charge in [-0.3, -0.25) is 0 Å². The number of hydrogen-bond acceptors (Lipinski definition) is 1. The molecule has 0 aromatic carbocycles. The molecule has 0 saturated heterocycles. The topological polar surface area (TPSA) is 30.9 Å².